The van der Waals surface area contributed by atoms with Crippen molar-refractivity contribution in [3.05, 3.63) is 29.3 Å². The van der Waals surface area contributed by atoms with Crippen LogP contribution < -0.4 is 4.74 Å². The van der Waals surface area contributed by atoms with Crippen LogP contribution >= 0.6 is 0 Å². The van der Waals surface area contributed by atoms with E-state index in [9.17, 15) is 10.1 Å². The highest BCUT2D eigenvalue weighted by molar-refractivity contribution is 5.89. The van der Waals surface area contributed by atoms with E-state index in [1.165, 1.54) is 0 Å². The molecule has 1 unspecified atom stereocenters. The molecule has 0 aliphatic rings. The maximum Gasteiger partial charge on any atom is 0.154 e. The van der Waals surface area contributed by atoms with Gasteiger partial charge >= 0.3 is 0 Å². The van der Waals surface area contributed by atoms with Crippen molar-refractivity contribution in [1.29, 1.82) is 5.26 Å². The lowest BCUT2D eigenvalue weighted by atomic mass is 9.83. The number of ketones is 1. The zero-order valence-electron chi connectivity index (χ0n) is 12.3. The zero-order valence-corrected chi connectivity index (χ0v) is 12.3. The summed E-state index contributed by atoms with van der Waals surface area (Å²) in [6.45, 7) is 7.92. The van der Waals surface area contributed by atoms with E-state index in [-0.39, 0.29) is 11.2 Å². The Morgan fingerprint density at radius 3 is 2.53 bits per heavy atom. The minimum atomic E-state index is -0.714. The van der Waals surface area contributed by atoms with E-state index in [2.05, 4.69) is 6.07 Å². The molecule has 0 N–H and O–H groups in total. The fourth-order valence-electron chi connectivity index (χ4n) is 1.97. The van der Waals surface area contributed by atoms with Crippen molar-refractivity contribution in [2.45, 2.75) is 40.0 Å². The van der Waals surface area contributed by atoms with Gasteiger partial charge in [-0.1, -0.05) is 32.9 Å². The van der Waals surface area contributed by atoms with Crippen molar-refractivity contribution in [3.8, 4) is 11.8 Å². The lowest BCUT2D eigenvalue weighted by Gasteiger charge is -2.19. The van der Waals surface area contributed by atoms with E-state index in [1.54, 1.807) is 13.2 Å². The standard InChI is InChI=1S/C16H21NO2/c1-11-6-7-12(8-15(11)19-5)13(10-17)14(18)9-16(2,3)4/h6-8,13H,9H2,1-5H3. The Morgan fingerprint density at radius 1 is 1.42 bits per heavy atom. The Balaban J connectivity index is 3.05. The maximum absolute atomic E-state index is 12.2. The first-order valence-electron chi connectivity index (χ1n) is 6.35. The number of carbonyl (C=O) groups is 1. The molecule has 0 amide bonds. The number of hydrogen-bond donors (Lipinski definition) is 0. The van der Waals surface area contributed by atoms with Crippen LogP contribution in [0.3, 0.4) is 0 Å². The number of methoxy groups -OCH3 is 1. The number of ether oxygens (including phenoxy) is 1. The van der Waals surface area contributed by atoms with Crippen molar-refractivity contribution in [3.63, 3.8) is 0 Å². The third kappa shape index (κ3) is 4.10. The lowest BCUT2D eigenvalue weighted by Crippen LogP contribution is -2.18. The van der Waals surface area contributed by atoms with E-state index >= 15 is 0 Å². The van der Waals surface area contributed by atoms with E-state index in [0.29, 0.717) is 17.7 Å². The molecule has 1 aromatic carbocycles. The molecule has 0 aromatic heterocycles. The van der Waals surface area contributed by atoms with Gasteiger partial charge in [0.15, 0.2) is 5.78 Å². The third-order valence-corrected chi connectivity index (χ3v) is 2.92. The minimum Gasteiger partial charge on any atom is -0.496 e. The first kappa shape index (κ1) is 15.2. The Kier molecular flexibility index (Phi) is 4.72. The molecule has 19 heavy (non-hydrogen) atoms. The number of hydrogen-bond acceptors (Lipinski definition) is 3. The van der Waals surface area contributed by atoms with Crippen LogP contribution in [0.25, 0.3) is 0 Å². The summed E-state index contributed by atoms with van der Waals surface area (Å²) in [5.41, 5.74) is 1.59. The van der Waals surface area contributed by atoms with E-state index in [0.717, 1.165) is 5.56 Å². The van der Waals surface area contributed by atoms with Gasteiger partial charge in [0.1, 0.15) is 11.7 Å². The number of nitriles is 1. The topological polar surface area (TPSA) is 50.1 Å². The highest BCUT2D eigenvalue weighted by Gasteiger charge is 2.25. The number of aryl methyl sites for hydroxylation is 1. The fraction of sp³-hybridized carbons (Fsp3) is 0.500. The van der Waals surface area contributed by atoms with Crippen molar-refractivity contribution >= 4 is 5.78 Å². The molecule has 0 spiro atoms. The molecule has 0 saturated carbocycles. The minimum absolute atomic E-state index is 0.0408. The van der Waals surface area contributed by atoms with Gasteiger partial charge in [-0.3, -0.25) is 4.79 Å². The Morgan fingerprint density at radius 2 is 2.05 bits per heavy atom. The molecule has 102 valence electrons. The Hall–Kier alpha value is -1.82. The van der Waals surface area contributed by atoms with Gasteiger partial charge in [0.05, 0.1) is 13.2 Å². The third-order valence-electron chi connectivity index (χ3n) is 2.92. The molecule has 3 heteroatoms. The van der Waals surface area contributed by atoms with Crippen molar-refractivity contribution in [1.82, 2.24) is 0 Å². The monoisotopic (exact) mass is 259 g/mol. The summed E-state index contributed by atoms with van der Waals surface area (Å²) in [5.74, 6) is -0.0454. The second-order valence-corrected chi connectivity index (χ2v) is 5.99. The van der Waals surface area contributed by atoms with Crippen LogP contribution in [0, 0.1) is 23.7 Å². The van der Waals surface area contributed by atoms with Crippen molar-refractivity contribution < 1.29 is 9.53 Å². The second kappa shape index (κ2) is 5.88. The maximum atomic E-state index is 12.2. The Labute approximate surface area is 115 Å². The summed E-state index contributed by atoms with van der Waals surface area (Å²) in [7, 11) is 1.59. The van der Waals surface area contributed by atoms with Crippen LogP contribution in [-0.2, 0) is 4.79 Å². The average molecular weight is 259 g/mol. The van der Waals surface area contributed by atoms with Gasteiger partial charge in [-0.25, -0.2) is 0 Å². The number of Topliss-reactive ketones (excluding diaryl/α,β-unsaturated/α-hetero) is 1. The van der Waals surface area contributed by atoms with Crippen LogP contribution in [0.4, 0.5) is 0 Å². The molecule has 0 saturated heterocycles. The number of benzene rings is 1. The molecule has 0 aliphatic heterocycles. The highest BCUT2D eigenvalue weighted by Crippen LogP contribution is 2.28. The Bertz CT molecular complexity index is 506. The average Bonchev–Trinajstić information content (AvgIpc) is 2.29. The van der Waals surface area contributed by atoms with Crippen LogP contribution in [0.15, 0.2) is 18.2 Å². The molecular formula is C16H21NO2. The van der Waals surface area contributed by atoms with Crippen molar-refractivity contribution in [2.24, 2.45) is 5.41 Å². The smallest absolute Gasteiger partial charge is 0.154 e. The molecule has 0 heterocycles. The van der Waals surface area contributed by atoms with Crippen LogP contribution in [0.2, 0.25) is 0 Å². The predicted molar refractivity (Wildman–Crippen MR) is 75.2 cm³/mol. The zero-order chi connectivity index (χ0) is 14.6. The quantitative estimate of drug-likeness (QED) is 0.829. The second-order valence-electron chi connectivity index (χ2n) is 5.99. The summed E-state index contributed by atoms with van der Waals surface area (Å²) >= 11 is 0. The van der Waals surface area contributed by atoms with Gasteiger partial charge in [0.2, 0.25) is 0 Å². The molecule has 0 radical (unpaired) electrons. The summed E-state index contributed by atoms with van der Waals surface area (Å²) in [6, 6.07) is 7.59. The van der Waals surface area contributed by atoms with Crippen molar-refractivity contribution in [2.75, 3.05) is 7.11 Å². The van der Waals surface area contributed by atoms with Gasteiger partial charge in [0.25, 0.3) is 0 Å². The van der Waals surface area contributed by atoms with Crippen LogP contribution in [-0.4, -0.2) is 12.9 Å². The molecular weight excluding hydrogens is 238 g/mol. The molecule has 1 atom stereocenters. The van der Waals surface area contributed by atoms with Gasteiger partial charge in [-0.2, -0.15) is 5.26 Å². The number of rotatable bonds is 4. The summed E-state index contributed by atoms with van der Waals surface area (Å²) in [5, 5.41) is 9.27. The highest BCUT2D eigenvalue weighted by atomic mass is 16.5. The fourth-order valence-corrected chi connectivity index (χ4v) is 1.97. The SMILES string of the molecule is COc1cc(C(C#N)C(=O)CC(C)(C)C)ccc1C. The van der Waals surface area contributed by atoms with Gasteiger partial charge in [-0.05, 0) is 29.5 Å². The van der Waals surface area contributed by atoms with Crippen LogP contribution in [0.1, 0.15) is 44.2 Å². The molecule has 1 aromatic rings. The molecule has 0 fully saturated rings. The normalized spacial score (nSPS) is 12.6. The number of carbonyl (C=O) groups excluding carboxylic acids is 1. The molecule has 1 rings (SSSR count). The lowest BCUT2D eigenvalue weighted by molar-refractivity contribution is -0.121. The summed E-state index contributed by atoms with van der Waals surface area (Å²) < 4.78 is 5.24. The number of nitrogens with zero attached hydrogens (tertiary/aromatic N) is 1. The predicted octanol–water partition coefficient (Wildman–Crippen LogP) is 3.62. The van der Waals surface area contributed by atoms with Gasteiger partial charge in [-0.15, -0.1) is 0 Å². The van der Waals surface area contributed by atoms with E-state index in [1.807, 2.05) is 39.8 Å². The summed E-state index contributed by atoms with van der Waals surface area (Å²) in [6.07, 6.45) is 0.390. The van der Waals surface area contributed by atoms with Crippen LogP contribution in [0.5, 0.6) is 5.75 Å². The van der Waals surface area contributed by atoms with E-state index < -0.39 is 5.92 Å². The molecule has 3 nitrogen and oxygen atoms in total. The summed E-state index contributed by atoms with van der Waals surface area (Å²) in [4.78, 5) is 12.2. The first-order chi connectivity index (χ1) is 8.78. The van der Waals surface area contributed by atoms with Gasteiger partial charge < -0.3 is 4.74 Å². The van der Waals surface area contributed by atoms with E-state index in [4.69, 9.17) is 4.74 Å². The first-order valence-corrected chi connectivity index (χ1v) is 6.35. The largest absolute Gasteiger partial charge is 0.496 e. The molecule has 0 bridgehead atoms. The van der Waals surface area contributed by atoms with Gasteiger partial charge in [0, 0.05) is 6.42 Å². The molecule has 0 aliphatic carbocycles.